The lowest BCUT2D eigenvalue weighted by Crippen LogP contribution is -2.26. The van der Waals surface area contributed by atoms with Gasteiger partial charge in [-0.2, -0.15) is 5.10 Å². The molecule has 4 rings (SSSR count). The Morgan fingerprint density at radius 3 is 2.56 bits per heavy atom. The van der Waals surface area contributed by atoms with Gasteiger partial charge in [-0.15, -0.1) is 0 Å². The molecule has 0 atom stereocenters. The summed E-state index contributed by atoms with van der Waals surface area (Å²) >= 11 is 0. The van der Waals surface area contributed by atoms with Gasteiger partial charge in [0.1, 0.15) is 17.3 Å². The monoisotopic (exact) mass is 434 g/mol. The highest BCUT2D eigenvalue weighted by molar-refractivity contribution is 5.96. The Bertz CT molecular complexity index is 1250. The molecule has 2 aromatic carbocycles. The van der Waals surface area contributed by atoms with Crippen molar-refractivity contribution in [2.45, 2.75) is 13.1 Å². The molecule has 4 aromatic rings. The minimum atomic E-state index is -0.304. The number of rotatable bonds is 7. The van der Waals surface area contributed by atoms with Crippen LogP contribution >= 0.6 is 0 Å². The summed E-state index contributed by atoms with van der Waals surface area (Å²) in [6.45, 7) is 0.828. The van der Waals surface area contributed by atoms with Crippen LogP contribution in [0.15, 0.2) is 60.9 Å². The van der Waals surface area contributed by atoms with Crippen molar-refractivity contribution >= 4 is 16.9 Å². The van der Waals surface area contributed by atoms with Gasteiger partial charge in [0.15, 0.2) is 5.65 Å². The fourth-order valence-electron chi connectivity index (χ4n) is 3.50. The maximum atomic E-state index is 13.1. The fourth-order valence-corrected chi connectivity index (χ4v) is 3.50. The van der Waals surface area contributed by atoms with Crippen LogP contribution in [-0.4, -0.2) is 46.8 Å². The molecule has 0 aliphatic rings. The van der Waals surface area contributed by atoms with E-state index in [1.807, 2.05) is 18.2 Å². The number of nitrogens with zero attached hydrogens (tertiary/aromatic N) is 4. The maximum Gasteiger partial charge on any atom is 0.255 e. The first-order valence-electron chi connectivity index (χ1n) is 10.0. The van der Waals surface area contributed by atoms with E-state index in [-0.39, 0.29) is 11.7 Å². The first-order valence-corrected chi connectivity index (χ1v) is 10.0. The summed E-state index contributed by atoms with van der Waals surface area (Å²) in [6.07, 6.45) is 3.24. The lowest BCUT2D eigenvalue weighted by molar-refractivity contribution is 0.0785. The molecule has 0 radical (unpaired) electrons. The molecule has 0 saturated carbocycles. The van der Waals surface area contributed by atoms with E-state index < -0.39 is 0 Å². The van der Waals surface area contributed by atoms with Crippen molar-refractivity contribution in [3.63, 3.8) is 0 Å². The highest BCUT2D eigenvalue weighted by atomic mass is 19.1. The predicted molar refractivity (Wildman–Crippen MR) is 118 cm³/mol. The van der Waals surface area contributed by atoms with E-state index >= 15 is 0 Å². The van der Waals surface area contributed by atoms with Crippen LogP contribution in [0.25, 0.3) is 11.0 Å². The van der Waals surface area contributed by atoms with Gasteiger partial charge < -0.3 is 14.4 Å². The number of benzene rings is 2. The van der Waals surface area contributed by atoms with Gasteiger partial charge in [0, 0.05) is 36.8 Å². The van der Waals surface area contributed by atoms with Crippen molar-refractivity contribution in [3.05, 3.63) is 83.4 Å². The number of fused-ring (bicyclic) bond motifs is 1. The standard InChI is InChI=1S/C24H23FN4O3/c1-28(14-16-4-7-20(25)8-5-16)24(30)19-10-18-13-27-29(23(18)26-12-19)15-17-6-9-21(31-2)11-22(17)32-3/h4-13H,14-15H2,1-3H3. The number of methoxy groups -OCH3 is 2. The number of carbonyl (C=O) groups excluding carboxylic acids is 1. The van der Waals surface area contributed by atoms with Crippen LogP contribution < -0.4 is 9.47 Å². The van der Waals surface area contributed by atoms with Crippen LogP contribution in [0.3, 0.4) is 0 Å². The quantitative estimate of drug-likeness (QED) is 0.441. The number of amides is 1. The van der Waals surface area contributed by atoms with Crippen molar-refractivity contribution in [1.82, 2.24) is 19.7 Å². The minimum absolute atomic E-state index is 0.173. The Balaban J connectivity index is 1.53. The van der Waals surface area contributed by atoms with Gasteiger partial charge in [-0.05, 0) is 35.9 Å². The number of carbonyl (C=O) groups is 1. The fraction of sp³-hybridized carbons (Fsp3) is 0.208. The van der Waals surface area contributed by atoms with Crippen molar-refractivity contribution in [2.75, 3.05) is 21.3 Å². The van der Waals surface area contributed by atoms with Gasteiger partial charge >= 0.3 is 0 Å². The van der Waals surface area contributed by atoms with Crippen LogP contribution in [0.5, 0.6) is 11.5 Å². The SMILES string of the molecule is COc1ccc(Cn2ncc3cc(C(=O)N(C)Cc4ccc(F)cc4)cnc32)c(OC)c1. The van der Waals surface area contributed by atoms with Crippen LogP contribution in [0.1, 0.15) is 21.5 Å². The summed E-state index contributed by atoms with van der Waals surface area (Å²) in [4.78, 5) is 18.9. The van der Waals surface area contributed by atoms with E-state index in [1.54, 1.807) is 61.4 Å². The highest BCUT2D eigenvalue weighted by Gasteiger charge is 2.16. The molecule has 2 heterocycles. The maximum absolute atomic E-state index is 13.1. The molecule has 0 unspecified atom stereocenters. The van der Waals surface area contributed by atoms with Crippen LogP contribution in [0.4, 0.5) is 4.39 Å². The molecule has 0 aliphatic heterocycles. The molecule has 0 fully saturated rings. The first kappa shape index (κ1) is 21.3. The molecule has 0 aliphatic carbocycles. The normalized spacial score (nSPS) is 10.9. The van der Waals surface area contributed by atoms with E-state index in [2.05, 4.69) is 10.1 Å². The molecule has 0 bridgehead atoms. The average Bonchev–Trinajstić information content (AvgIpc) is 3.22. The lowest BCUT2D eigenvalue weighted by atomic mass is 10.1. The minimum Gasteiger partial charge on any atom is -0.497 e. The summed E-state index contributed by atoms with van der Waals surface area (Å²) in [6, 6.07) is 13.5. The summed E-state index contributed by atoms with van der Waals surface area (Å²) in [5, 5.41) is 5.20. The van der Waals surface area contributed by atoms with Gasteiger partial charge in [0.2, 0.25) is 0 Å². The number of pyridine rings is 1. The summed E-state index contributed by atoms with van der Waals surface area (Å²) in [7, 11) is 4.92. The van der Waals surface area contributed by atoms with E-state index in [9.17, 15) is 9.18 Å². The molecule has 32 heavy (non-hydrogen) atoms. The largest absolute Gasteiger partial charge is 0.497 e. The second kappa shape index (κ2) is 9.05. The molecule has 2 aromatic heterocycles. The molecule has 0 spiro atoms. The lowest BCUT2D eigenvalue weighted by Gasteiger charge is -2.17. The van der Waals surface area contributed by atoms with Crippen molar-refractivity contribution < 1.29 is 18.7 Å². The second-order valence-electron chi connectivity index (χ2n) is 7.40. The molecule has 1 amide bonds. The van der Waals surface area contributed by atoms with Crippen LogP contribution in [-0.2, 0) is 13.1 Å². The molecule has 7 nitrogen and oxygen atoms in total. The summed E-state index contributed by atoms with van der Waals surface area (Å²) in [5.74, 6) is 0.930. The van der Waals surface area contributed by atoms with Crippen LogP contribution in [0.2, 0.25) is 0 Å². The molecule has 0 N–H and O–H groups in total. The Kier molecular flexibility index (Phi) is 6.02. The predicted octanol–water partition coefficient (Wildman–Crippen LogP) is 3.91. The number of ether oxygens (including phenoxy) is 2. The Morgan fingerprint density at radius 1 is 1.06 bits per heavy atom. The Hall–Kier alpha value is -3.94. The third kappa shape index (κ3) is 4.39. The van der Waals surface area contributed by atoms with Crippen LogP contribution in [0, 0.1) is 5.82 Å². The van der Waals surface area contributed by atoms with E-state index in [0.717, 1.165) is 16.5 Å². The number of halogens is 1. The number of aromatic nitrogens is 3. The van der Waals surface area contributed by atoms with Gasteiger partial charge in [0.25, 0.3) is 5.91 Å². The topological polar surface area (TPSA) is 69.5 Å². The van der Waals surface area contributed by atoms with E-state index in [0.29, 0.717) is 35.8 Å². The average molecular weight is 434 g/mol. The zero-order valence-corrected chi connectivity index (χ0v) is 18.1. The first-order chi connectivity index (χ1) is 15.5. The van der Waals surface area contributed by atoms with Crippen molar-refractivity contribution in [3.8, 4) is 11.5 Å². The molecule has 8 heteroatoms. The molecule has 0 saturated heterocycles. The Labute approximate surface area is 185 Å². The molecule has 164 valence electrons. The van der Waals surface area contributed by atoms with Crippen molar-refractivity contribution in [2.24, 2.45) is 0 Å². The number of hydrogen-bond donors (Lipinski definition) is 0. The van der Waals surface area contributed by atoms with Gasteiger partial charge in [-0.25, -0.2) is 14.1 Å². The third-order valence-corrected chi connectivity index (χ3v) is 5.22. The van der Waals surface area contributed by atoms with Gasteiger partial charge in [-0.3, -0.25) is 4.79 Å². The highest BCUT2D eigenvalue weighted by Crippen LogP contribution is 2.26. The molecular weight excluding hydrogens is 411 g/mol. The smallest absolute Gasteiger partial charge is 0.255 e. The molecular formula is C24H23FN4O3. The van der Waals surface area contributed by atoms with Gasteiger partial charge in [0.05, 0.1) is 32.5 Å². The Morgan fingerprint density at radius 2 is 1.84 bits per heavy atom. The van der Waals surface area contributed by atoms with E-state index in [4.69, 9.17) is 9.47 Å². The zero-order chi connectivity index (χ0) is 22.7. The van der Waals surface area contributed by atoms with E-state index in [1.165, 1.54) is 12.1 Å². The summed E-state index contributed by atoms with van der Waals surface area (Å²) < 4.78 is 25.6. The van der Waals surface area contributed by atoms with Crippen molar-refractivity contribution in [1.29, 1.82) is 0 Å². The second-order valence-corrected chi connectivity index (χ2v) is 7.40. The summed E-state index contributed by atoms with van der Waals surface area (Å²) in [5.41, 5.74) is 2.90. The number of hydrogen-bond acceptors (Lipinski definition) is 5. The zero-order valence-electron chi connectivity index (χ0n) is 18.1. The van der Waals surface area contributed by atoms with Gasteiger partial charge in [-0.1, -0.05) is 12.1 Å². The third-order valence-electron chi connectivity index (χ3n) is 5.22.